The highest BCUT2D eigenvalue weighted by Crippen LogP contribution is 1.62. The molecule has 0 aromatic rings. The van der Waals surface area contributed by atoms with Crippen LogP contribution in [0.5, 0.6) is 0 Å². The Kier molecular flexibility index (Phi) is 35.6. The molecule has 0 unspecified atom stereocenters. The topological polar surface area (TPSA) is 98.8 Å². The maximum absolute atomic E-state index is 9.70. The second kappa shape index (κ2) is 22.1. The van der Waals surface area contributed by atoms with E-state index in [0.717, 1.165) is 12.5 Å². The van der Waals surface area contributed by atoms with Crippen molar-refractivity contribution in [2.24, 2.45) is 0 Å². The third-order valence-corrected chi connectivity index (χ3v) is 0.640. The smallest absolute Gasteiger partial charge is 0.302 e. The van der Waals surface area contributed by atoms with Gasteiger partial charge in [0.25, 0.3) is 0 Å². The number of hydrogen-bond acceptors (Lipinski definition) is 6. The van der Waals surface area contributed by atoms with Crippen molar-refractivity contribution in [1.82, 2.24) is 5.32 Å². The van der Waals surface area contributed by atoms with Crippen molar-refractivity contribution in [3.05, 3.63) is 0 Å². The Hall–Kier alpha value is -1.15. The van der Waals surface area contributed by atoms with Crippen molar-refractivity contribution in [2.45, 2.75) is 21.3 Å². The molecule has 0 spiro atoms. The lowest BCUT2D eigenvalue weighted by atomic mass is 10.7. The lowest BCUT2D eigenvalue weighted by Crippen LogP contribution is -2.11. The Bertz CT molecular complexity index is 266. The van der Waals surface area contributed by atoms with Gasteiger partial charge in [-0.2, -0.15) is 0 Å². The van der Waals surface area contributed by atoms with Gasteiger partial charge in [-0.15, -0.1) is 0 Å². The van der Waals surface area contributed by atoms with Crippen molar-refractivity contribution < 1.29 is 27.5 Å². The van der Waals surface area contributed by atoms with Gasteiger partial charge >= 0.3 is 5.97 Å². The van der Waals surface area contributed by atoms with Gasteiger partial charge in [0.2, 0.25) is 5.91 Å². The summed E-state index contributed by atoms with van der Waals surface area (Å²) in [5.74, 6) is -0.241. The number of ether oxygens (including phenoxy) is 2. The van der Waals surface area contributed by atoms with Crippen LogP contribution in [0, 0.1) is 0 Å². The molecule has 0 rings (SSSR count). The van der Waals surface area contributed by atoms with Crippen LogP contribution in [0.1, 0.15) is 21.3 Å². The van der Waals surface area contributed by atoms with Gasteiger partial charge in [-0.3, -0.25) is 9.59 Å². The molecule has 0 saturated heterocycles. The van der Waals surface area contributed by atoms with Crippen LogP contribution in [0.2, 0.25) is 0 Å². The highest BCUT2D eigenvalue weighted by molar-refractivity contribution is 7.89. The SMILES string of the molecule is C.CNC(C)=O.COC.COC(C)=O.CS(C)(=O)=O. The first kappa shape index (κ1) is 30.7. The standard InChI is InChI=1S/C3H7NO.C3H6O2.C2H6O2S.C2H6O.CH4/c1-3(5)4-2;1-3(4)5-2;1-5(2,3)4;1-3-2;/h1-2H3,(H,4,5);2*1-2H3;1-2H3;1H4. The normalized spacial score (nSPS) is 7.58. The maximum Gasteiger partial charge on any atom is 0.302 e. The van der Waals surface area contributed by atoms with Crippen LogP contribution in [0.3, 0.4) is 0 Å². The van der Waals surface area contributed by atoms with Gasteiger partial charge in [0.1, 0.15) is 9.84 Å². The van der Waals surface area contributed by atoms with Crippen LogP contribution in [0.25, 0.3) is 0 Å². The number of carbonyl (C=O) groups excluding carboxylic acids is 2. The van der Waals surface area contributed by atoms with E-state index in [0.29, 0.717) is 0 Å². The first-order valence-corrected chi connectivity index (χ1v) is 7.04. The van der Waals surface area contributed by atoms with Crippen LogP contribution in [-0.2, 0) is 28.9 Å². The van der Waals surface area contributed by atoms with Crippen molar-refractivity contribution in [2.75, 3.05) is 40.9 Å². The quantitative estimate of drug-likeness (QED) is 0.654. The Labute approximate surface area is 117 Å². The number of methoxy groups -OCH3 is 2. The molecule has 0 aliphatic carbocycles. The molecule has 7 nitrogen and oxygen atoms in total. The number of sulfone groups is 1. The van der Waals surface area contributed by atoms with E-state index in [9.17, 15) is 18.0 Å². The number of rotatable bonds is 0. The zero-order valence-electron chi connectivity index (χ0n) is 12.4. The average molecular weight is 303 g/mol. The molecule has 0 saturated carbocycles. The molecular formula is C11H29NO6S. The zero-order valence-corrected chi connectivity index (χ0v) is 13.2. The molecule has 1 N–H and O–H groups in total. The van der Waals surface area contributed by atoms with E-state index < -0.39 is 9.84 Å². The molecule has 0 aromatic heterocycles. The molecule has 19 heavy (non-hydrogen) atoms. The summed E-state index contributed by atoms with van der Waals surface area (Å²) in [6.07, 6.45) is 2.32. The van der Waals surface area contributed by atoms with Gasteiger partial charge in [-0.1, -0.05) is 7.43 Å². The summed E-state index contributed by atoms with van der Waals surface area (Å²) in [5, 5.41) is 2.39. The van der Waals surface area contributed by atoms with Crippen molar-refractivity contribution >= 4 is 21.7 Å². The van der Waals surface area contributed by atoms with Crippen LogP contribution in [-0.4, -0.2) is 61.2 Å². The van der Waals surface area contributed by atoms with E-state index in [4.69, 9.17) is 0 Å². The van der Waals surface area contributed by atoms with E-state index in [1.54, 1.807) is 21.3 Å². The van der Waals surface area contributed by atoms with E-state index >= 15 is 0 Å². The van der Waals surface area contributed by atoms with Crippen molar-refractivity contribution in [1.29, 1.82) is 0 Å². The molecule has 0 aromatic carbocycles. The molecule has 0 radical (unpaired) electrons. The van der Waals surface area contributed by atoms with Gasteiger partial charge in [0, 0.05) is 47.6 Å². The summed E-state index contributed by atoms with van der Waals surface area (Å²) in [7, 11) is 3.53. The first-order chi connectivity index (χ1) is 7.95. The van der Waals surface area contributed by atoms with E-state index in [2.05, 4.69) is 14.8 Å². The van der Waals surface area contributed by atoms with Gasteiger partial charge in [-0.25, -0.2) is 8.42 Å². The number of esters is 1. The zero-order chi connectivity index (χ0) is 15.8. The minimum absolute atomic E-state index is 0. The summed E-state index contributed by atoms with van der Waals surface area (Å²) in [6, 6.07) is 0. The van der Waals surface area contributed by atoms with Crippen LogP contribution >= 0.6 is 0 Å². The third kappa shape index (κ3) is 457. The van der Waals surface area contributed by atoms with Crippen LogP contribution < -0.4 is 5.32 Å². The minimum Gasteiger partial charge on any atom is -0.469 e. The predicted molar refractivity (Wildman–Crippen MR) is 77.9 cm³/mol. The lowest BCUT2D eigenvalue weighted by molar-refractivity contribution is -0.137. The molecule has 1 amide bonds. The fourth-order valence-electron chi connectivity index (χ4n) is 0. The fourth-order valence-corrected chi connectivity index (χ4v) is 0. The minimum atomic E-state index is -2.67. The Balaban J connectivity index is -0.0000000458. The molecule has 0 aliphatic heterocycles. The van der Waals surface area contributed by atoms with Crippen LogP contribution in [0.4, 0.5) is 0 Å². The first-order valence-electron chi connectivity index (χ1n) is 4.74. The maximum atomic E-state index is 9.70. The largest absolute Gasteiger partial charge is 0.469 e. The van der Waals surface area contributed by atoms with E-state index in [-0.39, 0.29) is 19.3 Å². The highest BCUT2D eigenvalue weighted by Gasteiger charge is 1.79. The van der Waals surface area contributed by atoms with Crippen molar-refractivity contribution in [3.63, 3.8) is 0 Å². The Morgan fingerprint density at radius 1 is 1.00 bits per heavy atom. The fraction of sp³-hybridized carbons (Fsp3) is 0.818. The average Bonchev–Trinajstić information content (AvgIpc) is 2.17. The molecule has 0 atom stereocenters. The molecule has 0 aliphatic rings. The van der Waals surface area contributed by atoms with E-state index in [1.807, 2.05) is 0 Å². The van der Waals surface area contributed by atoms with E-state index in [1.165, 1.54) is 21.0 Å². The number of hydrogen-bond donors (Lipinski definition) is 1. The predicted octanol–water partition coefficient (Wildman–Crippen LogP) is 0.491. The monoisotopic (exact) mass is 303 g/mol. The molecule has 0 fully saturated rings. The third-order valence-electron chi connectivity index (χ3n) is 0.640. The Morgan fingerprint density at radius 3 is 1.11 bits per heavy atom. The molecule has 0 heterocycles. The van der Waals surface area contributed by atoms with Gasteiger partial charge in [0.05, 0.1) is 7.11 Å². The van der Waals surface area contributed by atoms with Gasteiger partial charge in [-0.05, 0) is 0 Å². The summed E-state index contributed by atoms with van der Waals surface area (Å²) >= 11 is 0. The molecular weight excluding hydrogens is 274 g/mol. The summed E-state index contributed by atoms with van der Waals surface area (Å²) < 4.78 is 27.6. The molecule has 0 bridgehead atoms. The van der Waals surface area contributed by atoms with Crippen LogP contribution in [0.15, 0.2) is 0 Å². The second-order valence-corrected chi connectivity index (χ2v) is 5.34. The summed E-state index contributed by atoms with van der Waals surface area (Å²) in [5.41, 5.74) is 0. The number of nitrogens with one attached hydrogen (secondary N) is 1. The molecule has 8 heteroatoms. The summed E-state index contributed by atoms with van der Waals surface area (Å²) in [6.45, 7) is 2.83. The molecule has 120 valence electrons. The number of carbonyl (C=O) groups is 2. The van der Waals surface area contributed by atoms with Crippen molar-refractivity contribution in [3.8, 4) is 0 Å². The lowest BCUT2D eigenvalue weighted by Gasteiger charge is -1.80. The highest BCUT2D eigenvalue weighted by atomic mass is 32.2. The summed E-state index contributed by atoms with van der Waals surface area (Å²) in [4.78, 5) is 19.3. The number of amides is 1. The van der Waals surface area contributed by atoms with Gasteiger partial charge in [0.15, 0.2) is 0 Å². The van der Waals surface area contributed by atoms with Gasteiger partial charge < -0.3 is 14.8 Å². The Morgan fingerprint density at radius 2 is 1.11 bits per heavy atom. The second-order valence-electron chi connectivity index (χ2n) is 3.05.